The van der Waals surface area contributed by atoms with Crippen molar-refractivity contribution in [3.63, 3.8) is 0 Å². The van der Waals surface area contributed by atoms with Gasteiger partial charge in [0.15, 0.2) is 5.65 Å². The zero-order valence-electron chi connectivity index (χ0n) is 10.5. The first-order chi connectivity index (χ1) is 9.63. The molecule has 20 heavy (non-hydrogen) atoms. The Morgan fingerprint density at radius 1 is 1.55 bits per heavy atom. The Hall–Kier alpha value is -2.09. The highest BCUT2D eigenvalue weighted by molar-refractivity contribution is 6.28. The van der Waals surface area contributed by atoms with E-state index in [1.54, 1.807) is 6.20 Å². The van der Waals surface area contributed by atoms with E-state index in [0.29, 0.717) is 24.6 Å². The Morgan fingerprint density at radius 2 is 2.40 bits per heavy atom. The fraction of sp³-hybridized carbons (Fsp3) is 0.455. The van der Waals surface area contributed by atoms with Crippen molar-refractivity contribution in [2.24, 2.45) is 0 Å². The zero-order valence-corrected chi connectivity index (χ0v) is 11.3. The van der Waals surface area contributed by atoms with Crippen molar-refractivity contribution in [1.29, 1.82) is 0 Å². The van der Waals surface area contributed by atoms with Crippen LogP contribution in [0.15, 0.2) is 6.20 Å². The number of halogens is 1. The van der Waals surface area contributed by atoms with Crippen LogP contribution in [0.4, 0.5) is 10.6 Å². The average Bonchev–Trinajstić information content (AvgIpc) is 2.87. The van der Waals surface area contributed by atoms with Crippen LogP contribution < -0.4 is 5.32 Å². The largest absolute Gasteiger partial charge is 0.465 e. The quantitative estimate of drug-likeness (QED) is 0.726. The monoisotopic (exact) mass is 296 g/mol. The van der Waals surface area contributed by atoms with Crippen LogP contribution >= 0.6 is 11.6 Å². The summed E-state index contributed by atoms with van der Waals surface area (Å²) in [5, 5.41) is 19.8. The van der Waals surface area contributed by atoms with E-state index in [0.717, 1.165) is 18.2 Å². The van der Waals surface area contributed by atoms with E-state index in [4.69, 9.17) is 16.7 Å². The van der Waals surface area contributed by atoms with Crippen molar-refractivity contribution in [3.05, 3.63) is 11.5 Å². The first kappa shape index (κ1) is 12.9. The number of hydrogen-bond acceptors (Lipinski definition) is 5. The molecule has 1 amide bonds. The number of hydrogen-bond donors (Lipinski definition) is 3. The number of carboxylic acid groups (broad SMARTS) is 1. The summed E-state index contributed by atoms with van der Waals surface area (Å²) in [6.07, 6.45) is 2.42. The molecule has 0 saturated carbocycles. The number of anilines is 1. The minimum Gasteiger partial charge on any atom is -0.465 e. The van der Waals surface area contributed by atoms with Gasteiger partial charge in [-0.05, 0) is 24.4 Å². The molecule has 106 valence electrons. The van der Waals surface area contributed by atoms with Crippen molar-refractivity contribution in [2.45, 2.75) is 18.9 Å². The maximum atomic E-state index is 11.0. The van der Waals surface area contributed by atoms with E-state index in [9.17, 15) is 4.79 Å². The number of nitrogens with zero attached hydrogens (tertiary/aromatic N) is 4. The van der Waals surface area contributed by atoms with Crippen molar-refractivity contribution in [1.82, 2.24) is 25.1 Å². The van der Waals surface area contributed by atoms with Gasteiger partial charge in [0.05, 0.1) is 11.6 Å². The van der Waals surface area contributed by atoms with Crippen molar-refractivity contribution in [2.75, 3.05) is 18.4 Å². The van der Waals surface area contributed by atoms with Crippen LogP contribution in [0, 0.1) is 0 Å². The van der Waals surface area contributed by atoms with Crippen LogP contribution in [0.25, 0.3) is 11.0 Å². The molecule has 0 bridgehead atoms. The van der Waals surface area contributed by atoms with Crippen LogP contribution in [-0.4, -0.2) is 55.4 Å². The summed E-state index contributed by atoms with van der Waals surface area (Å²) in [5.41, 5.74) is 0.554. The Bertz CT molecular complexity index is 645. The van der Waals surface area contributed by atoms with Gasteiger partial charge in [0.25, 0.3) is 0 Å². The number of aromatic nitrogens is 4. The Balaban J connectivity index is 1.82. The standard InChI is InChI=1S/C11H13ClN6O2/c12-10-15-8(7-4-13-17-9(7)16-10)14-6-2-1-3-18(5-6)11(19)20/h4,6H,1-3,5H2,(H,19,20)(H2,13,14,15,16,17)/t6-/m1/s1. The van der Waals surface area contributed by atoms with Crippen LogP contribution in [0.3, 0.4) is 0 Å². The molecule has 3 heterocycles. The van der Waals surface area contributed by atoms with Gasteiger partial charge in [-0.1, -0.05) is 0 Å². The maximum absolute atomic E-state index is 11.0. The maximum Gasteiger partial charge on any atom is 0.407 e. The summed E-state index contributed by atoms with van der Waals surface area (Å²) < 4.78 is 0. The second-order valence-corrected chi connectivity index (χ2v) is 5.02. The smallest absolute Gasteiger partial charge is 0.407 e. The van der Waals surface area contributed by atoms with E-state index in [-0.39, 0.29) is 11.3 Å². The molecule has 1 atom stereocenters. The zero-order chi connectivity index (χ0) is 14.1. The summed E-state index contributed by atoms with van der Waals surface area (Å²) in [7, 11) is 0. The molecular formula is C11H13ClN6O2. The van der Waals surface area contributed by atoms with E-state index < -0.39 is 6.09 Å². The normalized spacial score (nSPS) is 19.2. The van der Waals surface area contributed by atoms with E-state index >= 15 is 0 Å². The summed E-state index contributed by atoms with van der Waals surface area (Å²) in [6.45, 7) is 0.996. The summed E-state index contributed by atoms with van der Waals surface area (Å²) in [4.78, 5) is 20.6. The predicted octanol–water partition coefficient (Wildman–Crippen LogP) is 1.56. The van der Waals surface area contributed by atoms with Crippen LogP contribution in [-0.2, 0) is 0 Å². The third kappa shape index (κ3) is 2.46. The molecule has 0 radical (unpaired) electrons. The van der Waals surface area contributed by atoms with Gasteiger partial charge in [0.1, 0.15) is 5.82 Å². The summed E-state index contributed by atoms with van der Waals surface area (Å²) in [5.74, 6) is 0.575. The number of carbonyl (C=O) groups is 1. The minimum atomic E-state index is -0.898. The SMILES string of the molecule is O=C(O)N1CCC[C@@H](Nc2nc(Cl)nc3[nH]ncc23)C1. The molecule has 8 nitrogen and oxygen atoms in total. The van der Waals surface area contributed by atoms with E-state index in [1.807, 2.05) is 0 Å². The third-order valence-corrected chi connectivity index (χ3v) is 3.48. The van der Waals surface area contributed by atoms with Crippen LogP contribution in [0.5, 0.6) is 0 Å². The summed E-state index contributed by atoms with van der Waals surface area (Å²) >= 11 is 5.86. The molecule has 0 unspecified atom stereocenters. The predicted molar refractivity (Wildman–Crippen MR) is 72.9 cm³/mol. The third-order valence-electron chi connectivity index (χ3n) is 3.32. The number of fused-ring (bicyclic) bond motifs is 1. The van der Waals surface area contributed by atoms with Crippen LogP contribution in [0.1, 0.15) is 12.8 Å². The molecule has 2 aromatic rings. The highest BCUT2D eigenvalue weighted by Gasteiger charge is 2.24. The van der Waals surface area contributed by atoms with Gasteiger partial charge < -0.3 is 15.3 Å². The molecule has 0 aromatic carbocycles. The number of H-pyrrole nitrogens is 1. The molecule has 1 aliphatic heterocycles. The number of amides is 1. The molecular weight excluding hydrogens is 284 g/mol. The molecule has 9 heteroatoms. The molecule has 1 aliphatic rings. The number of rotatable bonds is 2. The second kappa shape index (κ2) is 5.12. The Morgan fingerprint density at radius 3 is 3.20 bits per heavy atom. The highest BCUT2D eigenvalue weighted by Crippen LogP contribution is 2.22. The van der Waals surface area contributed by atoms with Gasteiger partial charge >= 0.3 is 6.09 Å². The van der Waals surface area contributed by atoms with Crippen molar-refractivity contribution >= 4 is 34.5 Å². The average molecular weight is 297 g/mol. The Labute approximate surface area is 119 Å². The summed E-state index contributed by atoms with van der Waals surface area (Å²) in [6, 6.07) is 0.00363. The fourth-order valence-electron chi connectivity index (χ4n) is 2.38. The molecule has 3 rings (SSSR count). The van der Waals surface area contributed by atoms with Gasteiger partial charge in [-0.3, -0.25) is 5.10 Å². The fourth-order valence-corrected chi connectivity index (χ4v) is 2.55. The minimum absolute atomic E-state index is 0.00363. The molecule has 1 saturated heterocycles. The topological polar surface area (TPSA) is 107 Å². The second-order valence-electron chi connectivity index (χ2n) is 4.69. The first-order valence-corrected chi connectivity index (χ1v) is 6.62. The molecule has 0 aliphatic carbocycles. The first-order valence-electron chi connectivity index (χ1n) is 6.24. The highest BCUT2D eigenvalue weighted by atomic mass is 35.5. The van der Waals surface area contributed by atoms with Gasteiger partial charge in [0.2, 0.25) is 5.28 Å². The lowest BCUT2D eigenvalue weighted by Gasteiger charge is -2.31. The Kier molecular flexibility index (Phi) is 3.31. The van der Waals surface area contributed by atoms with Gasteiger partial charge in [-0.25, -0.2) is 4.79 Å². The lowest BCUT2D eigenvalue weighted by molar-refractivity contribution is 0.133. The lowest BCUT2D eigenvalue weighted by Crippen LogP contribution is -2.44. The molecule has 3 N–H and O–H groups in total. The number of nitrogens with one attached hydrogen (secondary N) is 2. The van der Waals surface area contributed by atoms with Crippen molar-refractivity contribution in [3.8, 4) is 0 Å². The van der Waals surface area contributed by atoms with Gasteiger partial charge in [-0.2, -0.15) is 15.1 Å². The number of piperidine rings is 1. The molecule has 2 aromatic heterocycles. The lowest BCUT2D eigenvalue weighted by atomic mass is 10.1. The van der Waals surface area contributed by atoms with Crippen LogP contribution in [0.2, 0.25) is 5.28 Å². The van der Waals surface area contributed by atoms with Crippen molar-refractivity contribution < 1.29 is 9.90 Å². The molecule has 0 spiro atoms. The van der Waals surface area contributed by atoms with E-state index in [1.165, 1.54) is 4.90 Å². The number of likely N-dealkylation sites (tertiary alicyclic amines) is 1. The van der Waals surface area contributed by atoms with E-state index in [2.05, 4.69) is 25.5 Å². The van der Waals surface area contributed by atoms with Gasteiger partial charge in [0, 0.05) is 19.1 Å². The van der Waals surface area contributed by atoms with Gasteiger partial charge in [-0.15, -0.1) is 0 Å². The number of aromatic amines is 1. The molecule has 1 fully saturated rings.